The smallest absolute Gasteiger partial charge is 0.225 e. The molecular weight excluding hydrogens is 292 g/mol. The summed E-state index contributed by atoms with van der Waals surface area (Å²) in [6, 6.07) is 5.69. The molecule has 23 heavy (non-hydrogen) atoms. The number of amides is 1. The van der Waals surface area contributed by atoms with Crippen LogP contribution in [0.2, 0.25) is 0 Å². The van der Waals surface area contributed by atoms with Crippen LogP contribution in [0.5, 0.6) is 0 Å². The molecule has 2 rings (SSSR count). The summed E-state index contributed by atoms with van der Waals surface area (Å²) in [6.45, 7) is 7.02. The van der Waals surface area contributed by atoms with E-state index in [1.54, 1.807) is 19.4 Å². The number of aromatic nitrogens is 1. The highest BCUT2D eigenvalue weighted by atomic mass is 16.5. The van der Waals surface area contributed by atoms with Crippen molar-refractivity contribution in [2.75, 3.05) is 38.2 Å². The lowest BCUT2D eigenvalue weighted by molar-refractivity contribution is -0.134. The molecule has 1 saturated heterocycles. The normalized spacial score (nSPS) is 16.3. The average molecular weight is 316 g/mol. The summed E-state index contributed by atoms with van der Waals surface area (Å²) >= 11 is 0. The number of methoxy groups -OCH3 is 1. The molecule has 0 N–H and O–H groups in total. The molecule has 0 radical (unpaired) electrons. The van der Waals surface area contributed by atoms with Crippen LogP contribution in [0.15, 0.2) is 18.3 Å². The van der Waals surface area contributed by atoms with Crippen LogP contribution < -0.4 is 4.90 Å². The first-order valence-corrected chi connectivity index (χ1v) is 7.96. The second-order valence-electron chi connectivity index (χ2n) is 6.11. The number of hydrogen-bond donors (Lipinski definition) is 0. The van der Waals surface area contributed by atoms with Crippen molar-refractivity contribution < 1.29 is 9.53 Å². The van der Waals surface area contributed by atoms with Crippen LogP contribution in [-0.4, -0.2) is 55.2 Å². The van der Waals surface area contributed by atoms with Crippen LogP contribution in [0.1, 0.15) is 25.8 Å². The first-order chi connectivity index (χ1) is 11.0. The number of rotatable bonds is 5. The Bertz CT molecular complexity index is 557. The minimum Gasteiger partial charge on any atom is -0.381 e. The third-order valence-electron chi connectivity index (χ3n) is 4.26. The third kappa shape index (κ3) is 4.42. The van der Waals surface area contributed by atoms with Gasteiger partial charge in [0.2, 0.25) is 5.91 Å². The van der Waals surface area contributed by atoms with Gasteiger partial charge in [0.1, 0.15) is 11.9 Å². The van der Waals surface area contributed by atoms with E-state index in [4.69, 9.17) is 10.00 Å². The Kier molecular flexibility index (Phi) is 5.94. The summed E-state index contributed by atoms with van der Waals surface area (Å²) in [7, 11) is 1.66. The zero-order valence-electron chi connectivity index (χ0n) is 14.0. The van der Waals surface area contributed by atoms with Gasteiger partial charge in [-0.15, -0.1) is 0 Å². The lowest BCUT2D eigenvalue weighted by atomic mass is 10.0. The fourth-order valence-electron chi connectivity index (χ4n) is 2.72. The van der Waals surface area contributed by atoms with Crippen molar-refractivity contribution in [2.45, 2.75) is 26.4 Å². The maximum Gasteiger partial charge on any atom is 0.225 e. The lowest BCUT2D eigenvalue weighted by Gasteiger charge is -2.36. The van der Waals surface area contributed by atoms with Gasteiger partial charge in [0, 0.05) is 39.5 Å². The van der Waals surface area contributed by atoms with E-state index in [0.717, 1.165) is 18.9 Å². The Morgan fingerprint density at radius 1 is 1.35 bits per heavy atom. The number of anilines is 1. The van der Waals surface area contributed by atoms with E-state index in [0.29, 0.717) is 31.0 Å². The molecule has 1 fully saturated rings. The minimum absolute atomic E-state index is 0.0271. The van der Waals surface area contributed by atoms with Crippen LogP contribution in [0, 0.1) is 17.2 Å². The summed E-state index contributed by atoms with van der Waals surface area (Å²) in [6.07, 6.45) is 1.99. The summed E-state index contributed by atoms with van der Waals surface area (Å²) in [5, 5.41) is 8.81. The minimum atomic E-state index is -0.0271. The molecule has 1 unspecified atom stereocenters. The molecule has 1 aliphatic heterocycles. The Labute approximate surface area is 137 Å². The van der Waals surface area contributed by atoms with E-state index < -0.39 is 0 Å². The third-order valence-corrected chi connectivity index (χ3v) is 4.26. The molecule has 1 amide bonds. The number of hydrogen-bond acceptors (Lipinski definition) is 5. The molecule has 124 valence electrons. The van der Waals surface area contributed by atoms with E-state index in [1.165, 1.54) is 0 Å². The van der Waals surface area contributed by atoms with E-state index in [-0.39, 0.29) is 12.0 Å². The molecule has 0 bridgehead atoms. The van der Waals surface area contributed by atoms with Crippen molar-refractivity contribution in [3.05, 3.63) is 23.9 Å². The van der Waals surface area contributed by atoms with Crippen molar-refractivity contribution in [1.82, 2.24) is 9.88 Å². The molecule has 6 nitrogen and oxygen atoms in total. The van der Waals surface area contributed by atoms with E-state index >= 15 is 0 Å². The monoisotopic (exact) mass is 316 g/mol. The maximum absolute atomic E-state index is 12.4. The lowest BCUT2D eigenvalue weighted by Crippen LogP contribution is -2.49. The molecule has 1 atom stereocenters. The van der Waals surface area contributed by atoms with Crippen LogP contribution in [-0.2, 0) is 9.53 Å². The number of pyridine rings is 1. The van der Waals surface area contributed by atoms with Gasteiger partial charge in [-0.05, 0) is 18.1 Å². The quantitative estimate of drug-likeness (QED) is 0.826. The molecule has 1 aromatic heterocycles. The van der Waals surface area contributed by atoms with Gasteiger partial charge in [0.05, 0.1) is 18.1 Å². The van der Waals surface area contributed by atoms with Crippen LogP contribution in [0.4, 0.5) is 5.82 Å². The van der Waals surface area contributed by atoms with Gasteiger partial charge in [0.15, 0.2) is 0 Å². The zero-order chi connectivity index (χ0) is 16.8. The summed E-state index contributed by atoms with van der Waals surface area (Å²) < 4.78 is 5.39. The highest BCUT2D eigenvalue weighted by Crippen LogP contribution is 2.16. The SMILES string of the molecule is COC(CC(=O)N1CCN(c2ccc(C#N)cn2)CC1)C(C)C. The largest absolute Gasteiger partial charge is 0.381 e. The van der Waals surface area contributed by atoms with Gasteiger partial charge in [-0.1, -0.05) is 13.8 Å². The molecule has 0 saturated carbocycles. The fraction of sp³-hybridized carbons (Fsp3) is 0.588. The molecular formula is C17H24N4O2. The van der Waals surface area contributed by atoms with Crippen LogP contribution >= 0.6 is 0 Å². The number of nitriles is 1. The van der Waals surface area contributed by atoms with E-state index in [1.807, 2.05) is 11.0 Å². The van der Waals surface area contributed by atoms with Crippen molar-refractivity contribution in [3.63, 3.8) is 0 Å². The van der Waals surface area contributed by atoms with Gasteiger partial charge in [0.25, 0.3) is 0 Å². The van der Waals surface area contributed by atoms with Crippen molar-refractivity contribution >= 4 is 11.7 Å². The molecule has 6 heteroatoms. The van der Waals surface area contributed by atoms with E-state index in [9.17, 15) is 4.79 Å². The Balaban J connectivity index is 1.87. The Morgan fingerprint density at radius 2 is 2.04 bits per heavy atom. The Hall–Kier alpha value is -2.13. The second kappa shape index (κ2) is 7.93. The highest BCUT2D eigenvalue weighted by Gasteiger charge is 2.25. The molecule has 1 aliphatic rings. The summed E-state index contributed by atoms with van der Waals surface area (Å²) in [5.41, 5.74) is 0.557. The van der Waals surface area contributed by atoms with E-state index in [2.05, 4.69) is 29.8 Å². The number of carbonyl (C=O) groups excluding carboxylic acids is 1. The predicted octanol–water partition coefficient (Wildman–Crippen LogP) is 1.66. The molecule has 0 aliphatic carbocycles. The zero-order valence-corrected chi connectivity index (χ0v) is 14.0. The summed E-state index contributed by atoms with van der Waals surface area (Å²) in [5.74, 6) is 1.33. The standard InChI is InChI=1S/C17H24N4O2/c1-13(2)15(23-3)10-17(22)21-8-6-20(7-9-21)16-5-4-14(11-18)12-19-16/h4-5,12-13,15H,6-10H2,1-3H3. The predicted molar refractivity (Wildman–Crippen MR) is 88.0 cm³/mol. The molecule has 2 heterocycles. The van der Waals surface area contributed by atoms with Crippen molar-refractivity contribution in [2.24, 2.45) is 5.92 Å². The highest BCUT2D eigenvalue weighted by molar-refractivity contribution is 5.77. The topological polar surface area (TPSA) is 69.5 Å². The second-order valence-corrected chi connectivity index (χ2v) is 6.11. The first-order valence-electron chi connectivity index (χ1n) is 7.96. The van der Waals surface area contributed by atoms with Crippen LogP contribution in [0.3, 0.4) is 0 Å². The van der Waals surface area contributed by atoms with Crippen LogP contribution in [0.25, 0.3) is 0 Å². The van der Waals surface area contributed by atoms with Crippen molar-refractivity contribution in [1.29, 1.82) is 5.26 Å². The maximum atomic E-state index is 12.4. The molecule has 0 spiro atoms. The van der Waals surface area contributed by atoms with Gasteiger partial charge in [-0.25, -0.2) is 4.98 Å². The number of piperazine rings is 1. The molecule has 0 aromatic carbocycles. The van der Waals surface area contributed by atoms with Crippen molar-refractivity contribution in [3.8, 4) is 6.07 Å². The van der Waals surface area contributed by atoms with Gasteiger partial charge >= 0.3 is 0 Å². The summed E-state index contributed by atoms with van der Waals surface area (Å²) in [4.78, 5) is 20.7. The molecule has 1 aromatic rings. The van der Waals surface area contributed by atoms with Gasteiger partial charge in [-0.2, -0.15) is 5.26 Å². The number of ether oxygens (including phenoxy) is 1. The Morgan fingerprint density at radius 3 is 2.52 bits per heavy atom. The van der Waals surface area contributed by atoms with Gasteiger partial charge < -0.3 is 14.5 Å². The average Bonchev–Trinajstić information content (AvgIpc) is 2.59. The first kappa shape index (κ1) is 17.2. The number of nitrogens with zero attached hydrogens (tertiary/aromatic N) is 4. The van der Waals surface area contributed by atoms with Gasteiger partial charge in [-0.3, -0.25) is 4.79 Å². The fourth-order valence-corrected chi connectivity index (χ4v) is 2.72. The number of carbonyl (C=O) groups is 1.